The van der Waals surface area contributed by atoms with E-state index in [4.69, 9.17) is 4.74 Å². The Kier molecular flexibility index (Phi) is 4.26. The van der Waals surface area contributed by atoms with E-state index in [9.17, 15) is 0 Å². The maximum Gasteiger partial charge on any atom is 0.0837 e. The molecule has 1 N–H and O–H groups in total. The smallest absolute Gasteiger partial charge is 0.0837 e. The summed E-state index contributed by atoms with van der Waals surface area (Å²) in [5.41, 5.74) is 0.171. The van der Waals surface area contributed by atoms with Gasteiger partial charge in [-0.1, -0.05) is 26.2 Å². The highest BCUT2D eigenvalue weighted by Crippen LogP contribution is 2.44. The van der Waals surface area contributed by atoms with Crippen LogP contribution < -0.4 is 5.32 Å². The van der Waals surface area contributed by atoms with E-state index in [2.05, 4.69) is 19.2 Å². The minimum atomic E-state index is 0.171. The quantitative estimate of drug-likeness (QED) is 0.750. The van der Waals surface area contributed by atoms with Crippen molar-refractivity contribution in [2.75, 3.05) is 13.2 Å². The third kappa shape index (κ3) is 2.60. The Morgan fingerprint density at radius 3 is 2.38 bits per heavy atom. The van der Waals surface area contributed by atoms with Crippen molar-refractivity contribution >= 4 is 0 Å². The molecule has 16 heavy (non-hydrogen) atoms. The zero-order chi connectivity index (χ0) is 11.4. The maximum absolute atomic E-state index is 6.22. The molecule has 0 saturated heterocycles. The van der Waals surface area contributed by atoms with E-state index in [0.717, 1.165) is 19.1 Å². The first-order valence-electron chi connectivity index (χ1n) is 7.19. The number of nitrogens with one attached hydrogen (secondary N) is 1. The summed E-state index contributed by atoms with van der Waals surface area (Å²) in [6.07, 6.45) is 9.48. The topological polar surface area (TPSA) is 21.3 Å². The molecule has 2 aliphatic rings. The van der Waals surface area contributed by atoms with Gasteiger partial charge in [0, 0.05) is 12.6 Å². The number of likely N-dealkylation sites (N-methyl/N-ethyl adjacent to an activating group) is 1. The second-order valence-corrected chi connectivity index (χ2v) is 5.43. The Labute approximate surface area is 100 Å². The van der Waals surface area contributed by atoms with Crippen LogP contribution in [0, 0.1) is 5.92 Å². The maximum atomic E-state index is 6.22. The van der Waals surface area contributed by atoms with E-state index in [0.29, 0.717) is 6.04 Å². The Bertz CT molecular complexity index is 201. The first kappa shape index (κ1) is 12.4. The Morgan fingerprint density at radius 1 is 1.19 bits per heavy atom. The van der Waals surface area contributed by atoms with Gasteiger partial charge in [-0.05, 0) is 45.1 Å². The summed E-state index contributed by atoms with van der Waals surface area (Å²) < 4.78 is 6.22. The molecule has 2 nitrogen and oxygen atoms in total. The molecule has 2 fully saturated rings. The van der Waals surface area contributed by atoms with Gasteiger partial charge in [0.15, 0.2) is 0 Å². The Balaban J connectivity index is 2.07. The molecule has 0 aromatic heterocycles. The lowest BCUT2D eigenvalue weighted by Crippen LogP contribution is -2.55. The SMILES string of the molecule is CCNC(C1CC1)C1(OCC)CCCCC1. The predicted molar refractivity (Wildman–Crippen MR) is 67.6 cm³/mol. The van der Waals surface area contributed by atoms with E-state index in [1.54, 1.807) is 0 Å². The van der Waals surface area contributed by atoms with Crippen molar-refractivity contribution < 1.29 is 4.74 Å². The van der Waals surface area contributed by atoms with E-state index in [1.807, 2.05) is 0 Å². The second kappa shape index (κ2) is 5.50. The number of rotatable bonds is 6. The van der Waals surface area contributed by atoms with Crippen LogP contribution in [0.3, 0.4) is 0 Å². The van der Waals surface area contributed by atoms with Crippen LogP contribution >= 0.6 is 0 Å². The fourth-order valence-electron chi connectivity index (χ4n) is 3.41. The lowest BCUT2D eigenvalue weighted by molar-refractivity contribution is -0.0943. The average molecular weight is 225 g/mol. The summed E-state index contributed by atoms with van der Waals surface area (Å²) >= 11 is 0. The van der Waals surface area contributed by atoms with E-state index < -0.39 is 0 Å². The van der Waals surface area contributed by atoms with Crippen LogP contribution in [0.2, 0.25) is 0 Å². The molecule has 2 aliphatic carbocycles. The van der Waals surface area contributed by atoms with E-state index in [1.165, 1.54) is 44.9 Å². The molecule has 0 amide bonds. The molecule has 94 valence electrons. The summed E-state index contributed by atoms with van der Waals surface area (Å²) in [5.74, 6) is 0.893. The zero-order valence-electron chi connectivity index (χ0n) is 10.9. The molecule has 1 atom stereocenters. The van der Waals surface area contributed by atoms with Gasteiger partial charge in [-0.15, -0.1) is 0 Å². The molecule has 0 bridgehead atoms. The van der Waals surface area contributed by atoms with Gasteiger partial charge in [-0.2, -0.15) is 0 Å². The molecule has 1 unspecified atom stereocenters. The zero-order valence-corrected chi connectivity index (χ0v) is 10.9. The summed E-state index contributed by atoms with van der Waals surface area (Å²) in [7, 11) is 0. The molecular formula is C14H27NO. The van der Waals surface area contributed by atoms with Crippen LogP contribution in [0.25, 0.3) is 0 Å². The summed E-state index contributed by atoms with van der Waals surface area (Å²) in [4.78, 5) is 0. The fraction of sp³-hybridized carbons (Fsp3) is 1.00. The van der Waals surface area contributed by atoms with Gasteiger partial charge in [0.1, 0.15) is 0 Å². The molecule has 0 aromatic carbocycles. The first-order valence-corrected chi connectivity index (χ1v) is 7.19. The largest absolute Gasteiger partial charge is 0.374 e. The Morgan fingerprint density at radius 2 is 1.88 bits per heavy atom. The third-order valence-electron chi connectivity index (χ3n) is 4.22. The molecule has 0 radical (unpaired) electrons. The molecule has 2 rings (SSSR count). The highest BCUT2D eigenvalue weighted by Gasteiger charge is 2.47. The van der Waals surface area contributed by atoms with Crippen molar-refractivity contribution in [3.63, 3.8) is 0 Å². The molecule has 0 spiro atoms. The van der Waals surface area contributed by atoms with Gasteiger partial charge in [-0.3, -0.25) is 0 Å². The van der Waals surface area contributed by atoms with Crippen molar-refractivity contribution in [2.24, 2.45) is 5.92 Å². The summed E-state index contributed by atoms with van der Waals surface area (Å²) in [6.45, 7) is 6.31. The van der Waals surface area contributed by atoms with Crippen molar-refractivity contribution in [3.8, 4) is 0 Å². The van der Waals surface area contributed by atoms with Crippen molar-refractivity contribution in [2.45, 2.75) is 70.4 Å². The molecular weight excluding hydrogens is 198 g/mol. The minimum absolute atomic E-state index is 0.171. The lowest BCUT2D eigenvalue weighted by atomic mass is 9.77. The van der Waals surface area contributed by atoms with Crippen molar-refractivity contribution in [3.05, 3.63) is 0 Å². The van der Waals surface area contributed by atoms with Gasteiger partial charge in [0.2, 0.25) is 0 Å². The van der Waals surface area contributed by atoms with Gasteiger partial charge in [0.05, 0.1) is 5.60 Å². The minimum Gasteiger partial charge on any atom is -0.374 e. The molecule has 2 heteroatoms. The summed E-state index contributed by atoms with van der Waals surface area (Å²) in [6, 6.07) is 0.623. The number of ether oxygens (including phenoxy) is 1. The van der Waals surface area contributed by atoms with Gasteiger partial charge in [-0.25, -0.2) is 0 Å². The van der Waals surface area contributed by atoms with Gasteiger partial charge < -0.3 is 10.1 Å². The van der Waals surface area contributed by atoms with Crippen molar-refractivity contribution in [1.29, 1.82) is 0 Å². The van der Waals surface area contributed by atoms with E-state index in [-0.39, 0.29) is 5.60 Å². The van der Waals surface area contributed by atoms with Gasteiger partial charge in [0.25, 0.3) is 0 Å². The highest BCUT2D eigenvalue weighted by molar-refractivity contribution is 5.02. The number of hydrogen-bond acceptors (Lipinski definition) is 2. The van der Waals surface area contributed by atoms with Crippen LogP contribution in [0.15, 0.2) is 0 Å². The van der Waals surface area contributed by atoms with Crippen LogP contribution in [0.5, 0.6) is 0 Å². The van der Waals surface area contributed by atoms with Crippen LogP contribution in [-0.2, 0) is 4.74 Å². The Hall–Kier alpha value is -0.0800. The predicted octanol–water partition coefficient (Wildman–Crippen LogP) is 3.11. The number of hydrogen-bond donors (Lipinski definition) is 1. The van der Waals surface area contributed by atoms with Crippen molar-refractivity contribution in [1.82, 2.24) is 5.32 Å². The van der Waals surface area contributed by atoms with Gasteiger partial charge >= 0.3 is 0 Å². The second-order valence-electron chi connectivity index (χ2n) is 5.43. The normalized spacial score (nSPS) is 26.6. The highest BCUT2D eigenvalue weighted by atomic mass is 16.5. The molecule has 0 aliphatic heterocycles. The van der Waals surface area contributed by atoms with Crippen LogP contribution in [0.4, 0.5) is 0 Å². The lowest BCUT2D eigenvalue weighted by Gasteiger charge is -2.44. The molecule has 0 heterocycles. The molecule has 2 saturated carbocycles. The fourth-order valence-corrected chi connectivity index (χ4v) is 3.41. The van der Waals surface area contributed by atoms with E-state index >= 15 is 0 Å². The average Bonchev–Trinajstić information content (AvgIpc) is 3.11. The summed E-state index contributed by atoms with van der Waals surface area (Å²) in [5, 5.41) is 3.71. The first-order chi connectivity index (χ1) is 7.82. The standard InChI is InChI=1S/C14H27NO/c1-3-15-13(12-8-9-12)14(16-4-2)10-6-5-7-11-14/h12-13,15H,3-11H2,1-2H3. The van der Waals surface area contributed by atoms with Crippen LogP contribution in [-0.4, -0.2) is 24.8 Å². The third-order valence-corrected chi connectivity index (χ3v) is 4.22. The monoisotopic (exact) mass is 225 g/mol. The van der Waals surface area contributed by atoms with Crippen LogP contribution in [0.1, 0.15) is 58.8 Å². The molecule has 0 aromatic rings.